The molecular weight excluding hydrogens is 394 g/mol. The molecule has 0 fully saturated rings. The van der Waals surface area contributed by atoms with Crippen molar-refractivity contribution in [1.82, 2.24) is 15.2 Å². The van der Waals surface area contributed by atoms with Gasteiger partial charge in [-0.15, -0.1) is 11.3 Å². The molecule has 0 aliphatic carbocycles. The van der Waals surface area contributed by atoms with Crippen LogP contribution in [0.4, 0.5) is 9.59 Å². The number of hydrogen-bond donors (Lipinski definition) is 3. The number of aromatic nitrogens is 1. The Bertz CT molecular complexity index is 755. The van der Waals surface area contributed by atoms with Crippen LogP contribution in [-0.2, 0) is 17.8 Å². The summed E-state index contributed by atoms with van der Waals surface area (Å²) >= 11 is 1.39. The first kappa shape index (κ1) is 22.6. The molecule has 2 atom stereocenters. The third kappa shape index (κ3) is 8.08. The molecule has 2 amide bonds. The van der Waals surface area contributed by atoms with E-state index in [1.165, 1.54) is 16.2 Å². The molecule has 3 N–H and O–H groups in total. The van der Waals surface area contributed by atoms with E-state index in [2.05, 4.69) is 10.3 Å². The Morgan fingerprint density at radius 1 is 1.24 bits per heavy atom. The van der Waals surface area contributed by atoms with E-state index >= 15 is 0 Å². The zero-order valence-corrected chi connectivity index (χ0v) is 17.3. The number of carbonyl (C=O) groups is 2. The summed E-state index contributed by atoms with van der Waals surface area (Å²) in [5.41, 5.74) is 2.54. The van der Waals surface area contributed by atoms with Crippen molar-refractivity contribution < 1.29 is 24.5 Å². The van der Waals surface area contributed by atoms with Gasteiger partial charge in [0, 0.05) is 12.7 Å². The van der Waals surface area contributed by atoms with Gasteiger partial charge in [0.1, 0.15) is 6.61 Å². The Hall–Kier alpha value is -2.65. The lowest BCUT2D eigenvalue weighted by Crippen LogP contribution is -2.51. The van der Waals surface area contributed by atoms with Gasteiger partial charge in [0.05, 0.1) is 29.1 Å². The van der Waals surface area contributed by atoms with E-state index in [0.717, 1.165) is 10.4 Å². The first-order valence-corrected chi connectivity index (χ1v) is 10.2. The zero-order valence-electron chi connectivity index (χ0n) is 16.5. The Morgan fingerprint density at radius 3 is 2.55 bits per heavy atom. The predicted molar refractivity (Wildman–Crippen MR) is 110 cm³/mol. The number of thiazole rings is 1. The van der Waals surface area contributed by atoms with E-state index in [4.69, 9.17) is 9.84 Å². The number of aliphatic hydroxyl groups is 1. The number of nitrogens with zero attached hydrogens (tertiary/aromatic N) is 2. The van der Waals surface area contributed by atoms with Crippen LogP contribution in [0.25, 0.3) is 0 Å². The van der Waals surface area contributed by atoms with Gasteiger partial charge < -0.3 is 25.2 Å². The third-order valence-electron chi connectivity index (χ3n) is 4.14. The largest absolute Gasteiger partial charge is 0.465 e. The molecule has 2 rings (SSSR count). The molecule has 0 radical (unpaired) electrons. The molecule has 1 heterocycles. The van der Waals surface area contributed by atoms with Crippen LogP contribution in [0.15, 0.2) is 42.0 Å². The minimum Gasteiger partial charge on any atom is -0.465 e. The van der Waals surface area contributed by atoms with Crippen molar-refractivity contribution in [2.75, 3.05) is 13.1 Å². The van der Waals surface area contributed by atoms with Crippen molar-refractivity contribution in [2.24, 2.45) is 5.92 Å². The summed E-state index contributed by atoms with van der Waals surface area (Å²) in [6, 6.07) is 8.52. The van der Waals surface area contributed by atoms with Crippen LogP contribution < -0.4 is 5.32 Å². The second-order valence-electron chi connectivity index (χ2n) is 7.13. The minimum absolute atomic E-state index is 0.0442. The number of carbonyl (C=O) groups excluding carboxylic acids is 1. The fourth-order valence-electron chi connectivity index (χ4n) is 2.86. The van der Waals surface area contributed by atoms with Gasteiger partial charge in [-0.3, -0.25) is 4.98 Å². The van der Waals surface area contributed by atoms with E-state index in [-0.39, 0.29) is 19.1 Å². The third-order valence-corrected chi connectivity index (χ3v) is 4.90. The molecular formula is C20H27N3O5S. The van der Waals surface area contributed by atoms with Gasteiger partial charge in [0.2, 0.25) is 0 Å². The number of aliphatic hydroxyl groups excluding tert-OH is 1. The van der Waals surface area contributed by atoms with Crippen molar-refractivity contribution >= 4 is 23.5 Å². The SMILES string of the molecule is CC(C)CN(C[C@@H](O)[C@H](Cc1ccccc1)NC(=O)O)C(=O)OCc1cncs1. The molecule has 8 nitrogen and oxygen atoms in total. The summed E-state index contributed by atoms with van der Waals surface area (Å²) in [7, 11) is 0. The fourth-order valence-corrected chi connectivity index (χ4v) is 3.37. The molecule has 0 unspecified atom stereocenters. The molecule has 1 aromatic carbocycles. The van der Waals surface area contributed by atoms with Gasteiger partial charge in [-0.1, -0.05) is 44.2 Å². The molecule has 0 bridgehead atoms. The van der Waals surface area contributed by atoms with Gasteiger partial charge in [-0.25, -0.2) is 9.59 Å². The van der Waals surface area contributed by atoms with E-state index in [1.54, 1.807) is 11.7 Å². The van der Waals surface area contributed by atoms with E-state index in [9.17, 15) is 14.7 Å². The Labute approximate surface area is 174 Å². The number of benzene rings is 1. The highest BCUT2D eigenvalue weighted by molar-refractivity contribution is 7.09. The Morgan fingerprint density at radius 2 is 1.97 bits per heavy atom. The van der Waals surface area contributed by atoms with Gasteiger partial charge in [-0.2, -0.15) is 0 Å². The van der Waals surface area contributed by atoms with E-state index in [0.29, 0.717) is 13.0 Å². The van der Waals surface area contributed by atoms with Crippen molar-refractivity contribution in [1.29, 1.82) is 0 Å². The lowest BCUT2D eigenvalue weighted by Gasteiger charge is -2.30. The quantitative estimate of drug-likeness (QED) is 0.544. The number of ether oxygens (including phenoxy) is 1. The minimum atomic E-state index is -1.23. The molecule has 0 aliphatic heterocycles. The standard InChI is InChI=1S/C20H27N3O5S/c1-14(2)10-23(20(27)28-12-16-9-21-13-29-16)11-18(24)17(22-19(25)26)8-15-6-4-3-5-7-15/h3-7,9,13-14,17-18,22,24H,8,10-12H2,1-2H3,(H,25,26)/t17-,18+/m0/s1. The molecule has 1 aromatic heterocycles. The van der Waals surface area contributed by atoms with Crippen LogP contribution in [-0.4, -0.2) is 57.5 Å². The average Bonchev–Trinajstić information content (AvgIpc) is 3.18. The van der Waals surface area contributed by atoms with Gasteiger partial charge in [0.25, 0.3) is 0 Å². The molecule has 0 aliphatic rings. The highest BCUT2D eigenvalue weighted by Gasteiger charge is 2.27. The zero-order chi connectivity index (χ0) is 21.2. The number of nitrogens with one attached hydrogen (secondary N) is 1. The molecule has 158 valence electrons. The molecule has 9 heteroatoms. The smallest absolute Gasteiger partial charge is 0.410 e. The normalized spacial score (nSPS) is 13.0. The molecule has 0 spiro atoms. The fraction of sp³-hybridized carbons (Fsp3) is 0.450. The van der Waals surface area contributed by atoms with Crippen LogP contribution >= 0.6 is 11.3 Å². The summed E-state index contributed by atoms with van der Waals surface area (Å²) in [6.45, 7) is 4.34. The summed E-state index contributed by atoms with van der Waals surface area (Å²) in [4.78, 5) is 29.9. The second kappa shape index (κ2) is 11.4. The van der Waals surface area contributed by atoms with Crippen LogP contribution in [0.3, 0.4) is 0 Å². The van der Waals surface area contributed by atoms with Crippen molar-refractivity contribution in [2.45, 2.75) is 39.0 Å². The Kier molecular flexibility index (Phi) is 8.88. The van der Waals surface area contributed by atoms with E-state index in [1.807, 2.05) is 44.2 Å². The second-order valence-corrected chi connectivity index (χ2v) is 8.11. The van der Waals surface area contributed by atoms with Crippen LogP contribution in [0.2, 0.25) is 0 Å². The molecule has 2 aromatic rings. The monoisotopic (exact) mass is 421 g/mol. The van der Waals surface area contributed by atoms with Crippen molar-refractivity contribution in [3.8, 4) is 0 Å². The first-order chi connectivity index (χ1) is 13.8. The summed E-state index contributed by atoms with van der Waals surface area (Å²) in [5, 5.41) is 22.2. The topological polar surface area (TPSA) is 112 Å². The Balaban J connectivity index is 2.04. The van der Waals surface area contributed by atoms with Crippen LogP contribution in [0, 0.1) is 5.92 Å². The predicted octanol–water partition coefficient (Wildman–Crippen LogP) is 2.98. The lowest BCUT2D eigenvalue weighted by atomic mass is 10.0. The first-order valence-electron chi connectivity index (χ1n) is 9.35. The number of rotatable bonds is 10. The number of carboxylic acid groups (broad SMARTS) is 1. The molecule has 0 saturated carbocycles. The summed E-state index contributed by atoms with van der Waals surface area (Å²) in [6.07, 6.45) is -0.944. The van der Waals surface area contributed by atoms with Gasteiger partial charge in [-0.05, 0) is 17.9 Å². The maximum absolute atomic E-state index is 12.6. The van der Waals surface area contributed by atoms with Gasteiger partial charge >= 0.3 is 12.2 Å². The maximum atomic E-state index is 12.6. The molecule has 0 saturated heterocycles. The number of hydrogen-bond acceptors (Lipinski definition) is 6. The summed E-state index contributed by atoms with van der Waals surface area (Å²) < 4.78 is 5.34. The van der Waals surface area contributed by atoms with Crippen molar-refractivity contribution in [3.05, 3.63) is 52.5 Å². The average molecular weight is 422 g/mol. The highest BCUT2D eigenvalue weighted by atomic mass is 32.1. The van der Waals surface area contributed by atoms with Crippen molar-refractivity contribution in [3.63, 3.8) is 0 Å². The number of amides is 2. The van der Waals surface area contributed by atoms with Crippen LogP contribution in [0.1, 0.15) is 24.3 Å². The summed E-state index contributed by atoms with van der Waals surface area (Å²) in [5.74, 6) is 0.151. The lowest BCUT2D eigenvalue weighted by molar-refractivity contribution is 0.0513. The van der Waals surface area contributed by atoms with Gasteiger partial charge in [0.15, 0.2) is 0 Å². The highest BCUT2D eigenvalue weighted by Crippen LogP contribution is 2.12. The van der Waals surface area contributed by atoms with E-state index < -0.39 is 24.3 Å². The van der Waals surface area contributed by atoms with Crippen LogP contribution in [0.5, 0.6) is 0 Å². The maximum Gasteiger partial charge on any atom is 0.410 e. The molecule has 29 heavy (non-hydrogen) atoms.